The van der Waals surface area contributed by atoms with Crippen LogP contribution in [0.4, 0.5) is 10.7 Å². The van der Waals surface area contributed by atoms with Crippen LogP contribution in [0.1, 0.15) is 33.3 Å². The molecule has 0 bridgehead atoms. The fourth-order valence-electron chi connectivity index (χ4n) is 3.06. The Morgan fingerprint density at radius 2 is 1.84 bits per heavy atom. The number of hydrogen-bond acceptors (Lipinski definition) is 9. The molecule has 0 fully saturated rings. The first kappa shape index (κ1) is 29.3. The van der Waals surface area contributed by atoms with Gasteiger partial charge < -0.3 is 34.3 Å². The maximum absolute atomic E-state index is 13.1. The third-order valence-corrected chi connectivity index (χ3v) is 4.66. The molecule has 1 aromatic heterocycles. The Kier molecular flexibility index (Phi) is 11.6. The summed E-state index contributed by atoms with van der Waals surface area (Å²) in [6.07, 6.45) is 0.788. The standard InChI is InChI=1S/C25H35N5O7/c1-5-36-22(33)16-29(14-12-26-24(34)37-25(2,3)4)21(32)15-30-13-11-20(31)28-23(30)27-18-35-17-19-9-7-6-8-10-19/h6-11,13H,5,12,14-18H2,1-4H3,(H,26,34)(H,27,28,31). The zero-order valence-corrected chi connectivity index (χ0v) is 21.7. The van der Waals surface area contributed by atoms with Crippen LogP contribution in [0.15, 0.2) is 47.4 Å². The van der Waals surface area contributed by atoms with E-state index in [2.05, 4.69) is 15.6 Å². The number of anilines is 1. The number of aromatic nitrogens is 2. The van der Waals surface area contributed by atoms with E-state index in [9.17, 15) is 19.2 Å². The van der Waals surface area contributed by atoms with Crippen LogP contribution in [0.5, 0.6) is 0 Å². The van der Waals surface area contributed by atoms with E-state index in [0.717, 1.165) is 5.56 Å². The maximum atomic E-state index is 13.1. The van der Waals surface area contributed by atoms with E-state index in [1.54, 1.807) is 27.7 Å². The predicted octanol–water partition coefficient (Wildman–Crippen LogP) is 1.75. The van der Waals surface area contributed by atoms with Gasteiger partial charge in [-0.05, 0) is 33.3 Å². The molecule has 0 aliphatic heterocycles. The molecule has 2 amide bonds. The second-order valence-corrected chi connectivity index (χ2v) is 8.92. The highest BCUT2D eigenvalue weighted by Gasteiger charge is 2.21. The Labute approximate surface area is 215 Å². The van der Waals surface area contributed by atoms with E-state index >= 15 is 0 Å². The van der Waals surface area contributed by atoms with Crippen LogP contribution in [0.2, 0.25) is 0 Å². The highest BCUT2D eigenvalue weighted by molar-refractivity contribution is 5.82. The molecule has 12 heteroatoms. The first-order chi connectivity index (χ1) is 17.6. The lowest BCUT2D eigenvalue weighted by Gasteiger charge is -2.24. The molecule has 0 atom stereocenters. The fourth-order valence-corrected chi connectivity index (χ4v) is 3.06. The number of amides is 2. The average molecular weight is 518 g/mol. The van der Waals surface area contributed by atoms with Gasteiger partial charge in [0.1, 0.15) is 25.4 Å². The fraction of sp³-hybridized carbons (Fsp3) is 0.480. The summed E-state index contributed by atoms with van der Waals surface area (Å²) in [5, 5.41) is 5.47. The van der Waals surface area contributed by atoms with Gasteiger partial charge in [0.2, 0.25) is 11.9 Å². The minimum absolute atomic E-state index is 0.0352. The van der Waals surface area contributed by atoms with E-state index in [1.165, 1.54) is 21.7 Å². The maximum Gasteiger partial charge on any atom is 0.407 e. The lowest BCUT2D eigenvalue weighted by atomic mass is 10.2. The second kappa shape index (κ2) is 14.6. The third kappa shape index (κ3) is 11.6. The van der Waals surface area contributed by atoms with Gasteiger partial charge in [-0.1, -0.05) is 30.3 Å². The van der Waals surface area contributed by atoms with Gasteiger partial charge in [-0.25, -0.2) is 4.79 Å². The summed E-state index contributed by atoms with van der Waals surface area (Å²) in [6.45, 7) is 7.00. The van der Waals surface area contributed by atoms with Crippen molar-refractivity contribution in [3.8, 4) is 0 Å². The lowest BCUT2D eigenvalue weighted by Crippen LogP contribution is -2.44. The molecule has 0 saturated carbocycles. The Balaban J connectivity index is 2.01. The molecule has 0 radical (unpaired) electrons. The van der Waals surface area contributed by atoms with Crippen LogP contribution in [0.3, 0.4) is 0 Å². The molecule has 2 N–H and O–H groups in total. The van der Waals surface area contributed by atoms with Gasteiger partial charge in [0.05, 0.1) is 13.2 Å². The minimum Gasteiger partial charge on any atom is -0.465 e. The largest absolute Gasteiger partial charge is 0.465 e. The number of ether oxygens (including phenoxy) is 3. The molecule has 2 aromatic rings. The number of carbonyl (C=O) groups excluding carboxylic acids is 3. The van der Waals surface area contributed by atoms with Gasteiger partial charge in [0.25, 0.3) is 5.56 Å². The quantitative estimate of drug-likeness (QED) is 0.231. The highest BCUT2D eigenvalue weighted by Crippen LogP contribution is 2.07. The number of esters is 1. The number of nitrogens with zero attached hydrogens (tertiary/aromatic N) is 3. The average Bonchev–Trinajstić information content (AvgIpc) is 2.82. The van der Waals surface area contributed by atoms with Gasteiger partial charge in [0, 0.05) is 25.4 Å². The summed E-state index contributed by atoms with van der Waals surface area (Å²) in [5.74, 6) is -0.895. The summed E-state index contributed by atoms with van der Waals surface area (Å²) in [5.41, 5.74) is -0.178. The zero-order valence-electron chi connectivity index (χ0n) is 21.7. The summed E-state index contributed by atoms with van der Waals surface area (Å²) in [6, 6.07) is 10.8. The molecule has 0 saturated heterocycles. The van der Waals surface area contributed by atoms with Gasteiger partial charge >= 0.3 is 12.1 Å². The van der Waals surface area contributed by atoms with Crippen molar-refractivity contribution in [2.45, 2.75) is 46.4 Å². The van der Waals surface area contributed by atoms with E-state index in [0.29, 0.717) is 6.61 Å². The van der Waals surface area contributed by atoms with Crippen molar-refractivity contribution in [3.63, 3.8) is 0 Å². The van der Waals surface area contributed by atoms with Crippen LogP contribution in [-0.4, -0.2) is 71.0 Å². The topological polar surface area (TPSA) is 141 Å². The molecule has 37 heavy (non-hydrogen) atoms. The van der Waals surface area contributed by atoms with Crippen LogP contribution in [-0.2, 0) is 37.0 Å². The minimum atomic E-state index is -0.671. The number of benzene rings is 1. The SMILES string of the molecule is CCOC(=O)CN(CCNC(=O)OC(C)(C)C)C(=O)Cn1ccc(=O)nc1NCOCc1ccccc1. The third-order valence-electron chi connectivity index (χ3n) is 4.66. The Morgan fingerprint density at radius 1 is 1.11 bits per heavy atom. The lowest BCUT2D eigenvalue weighted by molar-refractivity contribution is -0.149. The molecule has 1 aromatic carbocycles. The van der Waals surface area contributed by atoms with Crippen LogP contribution >= 0.6 is 0 Å². The molecule has 2 rings (SSSR count). The Hall–Kier alpha value is -3.93. The summed E-state index contributed by atoms with van der Waals surface area (Å²) in [4.78, 5) is 54.1. The van der Waals surface area contributed by atoms with Crippen molar-refractivity contribution in [2.24, 2.45) is 0 Å². The van der Waals surface area contributed by atoms with Crippen molar-refractivity contribution >= 4 is 23.9 Å². The molecule has 0 spiro atoms. The number of carbonyl (C=O) groups is 3. The van der Waals surface area contributed by atoms with E-state index in [-0.39, 0.29) is 45.5 Å². The molecule has 0 aliphatic carbocycles. The van der Waals surface area contributed by atoms with Gasteiger partial charge in [-0.3, -0.25) is 14.4 Å². The van der Waals surface area contributed by atoms with Gasteiger partial charge in [-0.2, -0.15) is 4.98 Å². The predicted molar refractivity (Wildman–Crippen MR) is 136 cm³/mol. The molecular formula is C25H35N5O7. The first-order valence-electron chi connectivity index (χ1n) is 11.9. The van der Waals surface area contributed by atoms with Crippen molar-refractivity contribution in [1.29, 1.82) is 0 Å². The number of alkyl carbamates (subject to hydrolysis) is 1. The number of nitrogens with one attached hydrogen (secondary N) is 2. The molecule has 0 unspecified atom stereocenters. The van der Waals surface area contributed by atoms with Crippen LogP contribution in [0, 0.1) is 0 Å². The summed E-state index contributed by atoms with van der Waals surface area (Å²) < 4.78 is 17.2. The van der Waals surface area contributed by atoms with Gasteiger partial charge in [-0.15, -0.1) is 0 Å². The van der Waals surface area contributed by atoms with Crippen LogP contribution in [0.25, 0.3) is 0 Å². The normalized spacial score (nSPS) is 10.9. The van der Waals surface area contributed by atoms with Crippen molar-refractivity contribution in [3.05, 3.63) is 58.5 Å². The first-order valence-corrected chi connectivity index (χ1v) is 11.9. The van der Waals surface area contributed by atoms with E-state index in [4.69, 9.17) is 14.2 Å². The van der Waals surface area contributed by atoms with Crippen molar-refractivity contribution in [1.82, 2.24) is 19.8 Å². The number of rotatable bonds is 13. The van der Waals surface area contributed by atoms with Crippen molar-refractivity contribution < 1.29 is 28.6 Å². The number of hydrogen-bond donors (Lipinski definition) is 2. The zero-order chi connectivity index (χ0) is 27.3. The van der Waals surface area contributed by atoms with Crippen molar-refractivity contribution in [2.75, 3.05) is 38.3 Å². The Morgan fingerprint density at radius 3 is 2.51 bits per heavy atom. The Bertz CT molecular complexity index is 1080. The smallest absolute Gasteiger partial charge is 0.407 e. The molecular weight excluding hydrogens is 482 g/mol. The highest BCUT2D eigenvalue weighted by atomic mass is 16.6. The molecule has 0 aliphatic rings. The van der Waals surface area contributed by atoms with Crippen LogP contribution < -0.4 is 16.2 Å². The summed E-state index contributed by atoms with van der Waals surface area (Å²) in [7, 11) is 0. The molecule has 12 nitrogen and oxygen atoms in total. The second-order valence-electron chi connectivity index (χ2n) is 8.92. The van der Waals surface area contributed by atoms with E-state index in [1.807, 2.05) is 30.3 Å². The van der Waals surface area contributed by atoms with E-state index < -0.39 is 29.1 Å². The monoisotopic (exact) mass is 517 g/mol. The summed E-state index contributed by atoms with van der Waals surface area (Å²) >= 11 is 0. The molecule has 1 heterocycles. The van der Waals surface area contributed by atoms with Gasteiger partial charge in [0.15, 0.2) is 0 Å². The molecule has 202 valence electrons.